The van der Waals surface area contributed by atoms with E-state index in [1.807, 2.05) is 12.1 Å². The van der Waals surface area contributed by atoms with Crippen LogP contribution in [0.1, 0.15) is 25.5 Å². The van der Waals surface area contributed by atoms with Crippen LogP contribution in [-0.4, -0.2) is 68.4 Å². The van der Waals surface area contributed by atoms with Crippen molar-refractivity contribution in [1.82, 2.24) is 14.5 Å². The van der Waals surface area contributed by atoms with Crippen LogP contribution in [0, 0.1) is 0 Å². The van der Waals surface area contributed by atoms with Crippen molar-refractivity contribution in [2.75, 3.05) is 34.4 Å². The van der Waals surface area contributed by atoms with Crippen LogP contribution in [0.25, 0.3) is 17.1 Å². The van der Waals surface area contributed by atoms with Crippen molar-refractivity contribution in [3.63, 3.8) is 0 Å². The van der Waals surface area contributed by atoms with Crippen molar-refractivity contribution < 1.29 is 27.4 Å². The highest BCUT2D eigenvalue weighted by molar-refractivity contribution is 7.92. The molecule has 0 radical (unpaired) electrons. The number of benzene rings is 1. The Bertz CT molecular complexity index is 1320. The molecule has 1 atom stereocenters. The summed E-state index contributed by atoms with van der Waals surface area (Å²) in [6.07, 6.45) is 1.79. The molecule has 36 heavy (non-hydrogen) atoms. The third-order valence-electron chi connectivity index (χ3n) is 6.44. The third-order valence-corrected chi connectivity index (χ3v) is 8.41. The number of ether oxygens (including phenoxy) is 3. The Kier molecular flexibility index (Phi) is 7.53. The molecule has 2 aromatic heterocycles. The predicted molar refractivity (Wildman–Crippen MR) is 137 cm³/mol. The monoisotopic (exact) mass is 513 g/mol. The highest BCUT2D eigenvalue weighted by Crippen LogP contribution is 2.38. The van der Waals surface area contributed by atoms with E-state index in [2.05, 4.69) is 4.98 Å². The molecular weight excluding hydrogens is 482 g/mol. The lowest BCUT2D eigenvalue weighted by Gasteiger charge is -2.22. The number of carbonyl (C=O) groups is 1. The van der Waals surface area contributed by atoms with Gasteiger partial charge in [0.05, 0.1) is 38.5 Å². The number of sulfone groups is 1. The van der Waals surface area contributed by atoms with Crippen LogP contribution in [0.5, 0.6) is 17.4 Å². The van der Waals surface area contributed by atoms with Crippen molar-refractivity contribution in [1.29, 1.82) is 0 Å². The second kappa shape index (κ2) is 10.6. The summed E-state index contributed by atoms with van der Waals surface area (Å²) in [5, 5.41) is -1.16. The molecule has 0 aliphatic carbocycles. The number of amides is 1. The summed E-state index contributed by atoms with van der Waals surface area (Å²) in [5.41, 5.74) is 2.20. The molecule has 1 saturated heterocycles. The first-order valence-corrected chi connectivity index (χ1v) is 13.5. The maximum absolute atomic E-state index is 13.5. The molecule has 9 nitrogen and oxygen atoms in total. The van der Waals surface area contributed by atoms with Crippen LogP contribution in [0.2, 0.25) is 0 Å². The van der Waals surface area contributed by atoms with Crippen molar-refractivity contribution in [3.8, 4) is 34.5 Å². The number of likely N-dealkylation sites (tertiary alicyclic amines) is 1. The van der Waals surface area contributed by atoms with E-state index in [9.17, 15) is 13.2 Å². The Morgan fingerprint density at radius 3 is 2.19 bits per heavy atom. The Hall–Kier alpha value is -3.53. The van der Waals surface area contributed by atoms with E-state index in [0.29, 0.717) is 53.2 Å². The average Bonchev–Trinajstić information content (AvgIpc) is 3.57. The second-order valence-corrected chi connectivity index (χ2v) is 10.9. The Morgan fingerprint density at radius 1 is 0.944 bits per heavy atom. The molecule has 0 unspecified atom stereocenters. The van der Waals surface area contributed by atoms with Gasteiger partial charge in [0.2, 0.25) is 11.8 Å². The van der Waals surface area contributed by atoms with Crippen LogP contribution in [0.3, 0.4) is 0 Å². The fourth-order valence-corrected chi connectivity index (χ4v) is 5.80. The van der Waals surface area contributed by atoms with Crippen LogP contribution < -0.4 is 14.2 Å². The Morgan fingerprint density at radius 2 is 1.58 bits per heavy atom. The summed E-state index contributed by atoms with van der Waals surface area (Å²) < 4.78 is 45.3. The highest BCUT2D eigenvalue weighted by atomic mass is 32.2. The first-order chi connectivity index (χ1) is 17.3. The van der Waals surface area contributed by atoms with E-state index in [4.69, 9.17) is 14.2 Å². The summed E-state index contributed by atoms with van der Waals surface area (Å²) in [4.78, 5) is 19.1. The molecule has 3 aromatic rings. The van der Waals surface area contributed by atoms with Gasteiger partial charge < -0.3 is 23.7 Å². The Balaban J connectivity index is 1.85. The van der Waals surface area contributed by atoms with E-state index in [1.54, 1.807) is 60.1 Å². The van der Waals surface area contributed by atoms with E-state index in [-0.39, 0.29) is 11.7 Å². The van der Waals surface area contributed by atoms with Gasteiger partial charge in [0.15, 0.2) is 9.84 Å². The van der Waals surface area contributed by atoms with Gasteiger partial charge in [0, 0.05) is 24.8 Å². The minimum atomic E-state index is -3.84. The topological polar surface area (TPSA) is 100.0 Å². The minimum Gasteiger partial charge on any atom is -0.494 e. The number of aromatic nitrogens is 2. The first-order valence-electron chi connectivity index (χ1n) is 11.7. The van der Waals surface area contributed by atoms with E-state index >= 15 is 0 Å². The second-order valence-electron chi connectivity index (χ2n) is 8.60. The predicted octanol–water partition coefficient (Wildman–Crippen LogP) is 3.49. The molecule has 4 rings (SSSR count). The number of hydrogen-bond donors (Lipinski definition) is 0. The van der Waals surface area contributed by atoms with Gasteiger partial charge in [-0.2, -0.15) is 0 Å². The van der Waals surface area contributed by atoms with Gasteiger partial charge in [-0.1, -0.05) is 12.1 Å². The summed E-state index contributed by atoms with van der Waals surface area (Å²) in [6, 6.07) is 14.2. The molecule has 1 aromatic carbocycles. The van der Waals surface area contributed by atoms with Crippen molar-refractivity contribution in [3.05, 3.63) is 54.2 Å². The largest absolute Gasteiger partial charge is 0.494 e. The fourth-order valence-electron chi connectivity index (χ4n) is 4.46. The molecule has 1 aliphatic heterocycles. The number of carbonyl (C=O) groups excluding carboxylic acids is 1. The standard InChI is InChI=1S/C26H31N3O6S/c1-18(26(30)28-15-5-6-16-28)36(31,32)17-19-13-14-21(20-9-7-12-24(27-20)35-4)29(19)25-22(33-2)10-8-11-23(25)34-3/h7-14,18H,5-6,15-17H2,1-4H3/t18-/m1/s1. The van der Waals surface area contributed by atoms with Gasteiger partial charge in [-0.3, -0.25) is 4.79 Å². The molecule has 3 heterocycles. The van der Waals surface area contributed by atoms with Gasteiger partial charge in [0.1, 0.15) is 22.4 Å². The zero-order valence-electron chi connectivity index (χ0n) is 20.9. The first kappa shape index (κ1) is 25.6. The SMILES string of the molecule is COc1cccc(-c2ccc(CS(=O)(=O)[C@H](C)C(=O)N3CCCC3)n2-c2c(OC)cccc2OC)n1. The summed E-state index contributed by atoms with van der Waals surface area (Å²) in [5.74, 6) is 0.712. The van der Waals surface area contributed by atoms with Crippen molar-refractivity contribution in [2.45, 2.75) is 30.8 Å². The zero-order valence-corrected chi connectivity index (χ0v) is 21.7. The molecule has 1 amide bonds. The number of methoxy groups -OCH3 is 3. The minimum absolute atomic E-state index is 0.348. The van der Waals surface area contributed by atoms with Gasteiger partial charge in [0.25, 0.3) is 0 Å². The van der Waals surface area contributed by atoms with Crippen molar-refractivity contribution in [2.24, 2.45) is 0 Å². The van der Waals surface area contributed by atoms with E-state index < -0.39 is 15.1 Å². The molecular formula is C26H31N3O6S. The fraction of sp³-hybridized carbons (Fsp3) is 0.385. The third kappa shape index (κ3) is 4.90. The summed E-state index contributed by atoms with van der Waals surface area (Å²) >= 11 is 0. The molecule has 1 aliphatic rings. The molecule has 10 heteroatoms. The lowest BCUT2D eigenvalue weighted by molar-refractivity contribution is -0.129. The molecule has 1 fully saturated rings. The van der Waals surface area contributed by atoms with Crippen LogP contribution in [-0.2, 0) is 20.4 Å². The number of para-hydroxylation sites is 1. The van der Waals surface area contributed by atoms with E-state index in [1.165, 1.54) is 14.0 Å². The smallest absolute Gasteiger partial charge is 0.240 e. The summed E-state index contributed by atoms with van der Waals surface area (Å²) in [6.45, 7) is 2.66. The molecule has 0 bridgehead atoms. The molecule has 0 spiro atoms. The lowest BCUT2D eigenvalue weighted by atomic mass is 10.2. The maximum atomic E-state index is 13.5. The molecule has 0 N–H and O–H groups in total. The van der Waals surface area contributed by atoms with E-state index in [0.717, 1.165) is 12.8 Å². The van der Waals surface area contributed by atoms with Gasteiger partial charge in [-0.25, -0.2) is 13.4 Å². The van der Waals surface area contributed by atoms with Crippen molar-refractivity contribution >= 4 is 15.7 Å². The normalized spacial score (nSPS) is 14.5. The number of rotatable bonds is 9. The quantitative estimate of drug-likeness (QED) is 0.432. The van der Waals surface area contributed by atoms with Gasteiger partial charge in [-0.05, 0) is 50.1 Å². The lowest BCUT2D eigenvalue weighted by Crippen LogP contribution is -2.40. The number of nitrogens with zero attached hydrogens (tertiary/aromatic N) is 3. The number of hydrogen-bond acceptors (Lipinski definition) is 7. The number of pyridine rings is 1. The molecule has 0 saturated carbocycles. The zero-order chi connectivity index (χ0) is 25.9. The highest BCUT2D eigenvalue weighted by Gasteiger charge is 2.34. The average molecular weight is 514 g/mol. The van der Waals surface area contributed by atoms with Gasteiger partial charge in [-0.15, -0.1) is 0 Å². The maximum Gasteiger partial charge on any atom is 0.240 e. The van der Waals surface area contributed by atoms with Gasteiger partial charge >= 0.3 is 0 Å². The summed E-state index contributed by atoms with van der Waals surface area (Å²) in [7, 11) is 0.773. The molecule has 192 valence electrons. The van der Waals surface area contributed by atoms with Crippen LogP contribution >= 0.6 is 0 Å². The van der Waals surface area contributed by atoms with Crippen LogP contribution in [0.4, 0.5) is 0 Å². The van der Waals surface area contributed by atoms with Crippen LogP contribution in [0.15, 0.2) is 48.5 Å². The Labute approximate surface area is 211 Å².